The lowest BCUT2D eigenvalue weighted by atomic mass is 10.1. The highest BCUT2D eigenvalue weighted by Gasteiger charge is 2.08. The zero-order valence-electron chi connectivity index (χ0n) is 10.5. The maximum atomic E-state index is 12.1. The second-order valence-electron chi connectivity index (χ2n) is 3.99. The zero-order chi connectivity index (χ0) is 13.7. The van der Waals surface area contributed by atoms with Crippen molar-refractivity contribution in [2.24, 2.45) is 0 Å². The largest absolute Gasteiger partial charge is 0.386 e. The van der Waals surface area contributed by atoms with Crippen LogP contribution in [0.1, 0.15) is 20.7 Å². The summed E-state index contributed by atoms with van der Waals surface area (Å²) in [5, 5.41) is 5.84. The number of rotatable bonds is 4. The molecule has 2 aromatic carbocycles. The van der Waals surface area contributed by atoms with Gasteiger partial charge in [0.15, 0.2) is 0 Å². The number of carbonyl (C=O) groups is 2. The number of anilines is 2. The van der Waals surface area contributed by atoms with Crippen molar-refractivity contribution in [3.8, 4) is 0 Å². The molecule has 0 bridgehead atoms. The molecule has 0 unspecified atom stereocenters. The van der Waals surface area contributed by atoms with Gasteiger partial charge in [-0.2, -0.15) is 0 Å². The molecule has 4 heteroatoms. The van der Waals surface area contributed by atoms with Crippen LogP contribution in [0.5, 0.6) is 0 Å². The number of para-hydroxylation sites is 2. The van der Waals surface area contributed by atoms with Crippen LogP contribution >= 0.6 is 0 Å². The molecule has 96 valence electrons. The molecule has 0 saturated carbocycles. The Morgan fingerprint density at radius 1 is 1.00 bits per heavy atom. The summed E-state index contributed by atoms with van der Waals surface area (Å²) in [7, 11) is 1.80. The number of amides is 1. The topological polar surface area (TPSA) is 58.2 Å². The van der Waals surface area contributed by atoms with Crippen LogP contribution in [0.15, 0.2) is 48.5 Å². The Morgan fingerprint density at radius 2 is 1.63 bits per heavy atom. The average Bonchev–Trinajstić information content (AvgIpc) is 2.48. The van der Waals surface area contributed by atoms with E-state index in [9.17, 15) is 9.59 Å². The Bertz CT molecular complexity index is 591. The highest BCUT2D eigenvalue weighted by atomic mass is 16.1. The minimum atomic E-state index is -0.208. The molecule has 2 aromatic rings. The third kappa shape index (κ3) is 2.98. The van der Waals surface area contributed by atoms with Crippen molar-refractivity contribution in [3.05, 3.63) is 59.7 Å². The summed E-state index contributed by atoms with van der Waals surface area (Å²) in [5.41, 5.74) is 2.62. The fraction of sp³-hybridized carbons (Fsp3) is 0.0667. The van der Waals surface area contributed by atoms with Gasteiger partial charge in [0.1, 0.15) is 6.29 Å². The Balaban J connectivity index is 2.18. The maximum Gasteiger partial charge on any atom is 0.255 e. The van der Waals surface area contributed by atoms with Crippen molar-refractivity contribution in [2.45, 2.75) is 0 Å². The van der Waals surface area contributed by atoms with E-state index in [0.717, 1.165) is 17.7 Å². The lowest BCUT2D eigenvalue weighted by Gasteiger charge is -2.10. The Hall–Kier alpha value is -2.62. The van der Waals surface area contributed by atoms with Crippen molar-refractivity contribution in [1.82, 2.24) is 0 Å². The van der Waals surface area contributed by atoms with E-state index in [-0.39, 0.29) is 5.91 Å². The smallest absolute Gasteiger partial charge is 0.255 e. The second kappa shape index (κ2) is 5.82. The molecule has 19 heavy (non-hydrogen) atoms. The fourth-order valence-electron chi connectivity index (χ4n) is 1.72. The molecule has 0 saturated heterocycles. The van der Waals surface area contributed by atoms with Gasteiger partial charge in [0.25, 0.3) is 5.91 Å². The van der Waals surface area contributed by atoms with E-state index in [0.29, 0.717) is 11.1 Å². The second-order valence-corrected chi connectivity index (χ2v) is 3.99. The van der Waals surface area contributed by atoms with Gasteiger partial charge in [-0.3, -0.25) is 9.59 Å². The van der Waals surface area contributed by atoms with E-state index in [2.05, 4.69) is 10.6 Å². The monoisotopic (exact) mass is 254 g/mol. The Labute approximate surface area is 111 Å². The van der Waals surface area contributed by atoms with Gasteiger partial charge in [0.2, 0.25) is 0 Å². The molecule has 2 N–H and O–H groups in total. The molecule has 0 fully saturated rings. The van der Waals surface area contributed by atoms with E-state index in [1.54, 1.807) is 31.3 Å². The van der Waals surface area contributed by atoms with Crippen molar-refractivity contribution in [3.63, 3.8) is 0 Å². The minimum Gasteiger partial charge on any atom is -0.386 e. The fourth-order valence-corrected chi connectivity index (χ4v) is 1.72. The molecule has 0 aliphatic carbocycles. The van der Waals surface area contributed by atoms with E-state index < -0.39 is 0 Å². The van der Waals surface area contributed by atoms with Crippen molar-refractivity contribution < 1.29 is 9.59 Å². The highest BCUT2D eigenvalue weighted by Crippen LogP contribution is 2.20. The number of carbonyl (C=O) groups excluding carboxylic acids is 2. The Morgan fingerprint density at radius 3 is 2.21 bits per heavy atom. The number of benzene rings is 2. The van der Waals surface area contributed by atoms with Gasteiger partial charge in [-0.05, 0) is 24.3 Å². The van der Waals surface area contributed by atoms with Gasteiger partial charge in [-0.1, -0.05) is 24.3 Å². The van der Waals surface area contributed by atoms with Crippen molar-refractivity contribution >= 4 is 23.6 Å². The first kappa shape index (κ1) is 12.8. The Kier molecular flexibility index (Phi) is 3.93. The third-order valence-electron chi connectivity index (χ3n) is 2.75. The van der Waals surface area contributed by atoms with Gasteiger partial charge < -0.3 is 10.6 Å². The molecule has 0 aromatic heterocycles. The molecular formula is C15H14N2O2. The van der Waals surface area contributed by atoms with Crippen LogP contribution in [0.4, 0.5) is 11.4 Å². The van der Waals surface area contributed by atoms with Crippen molar-refractivity contribution in [2.75, 3.05) is 17.7 Å². The molecule has 0 atom stereocenters. The van der Waals surface area contributed by atoms with E-state index >= 15 is 0 Å². The van der Waals surface area contributed by atoms with E-state index in [1.807, 2.05) is 24.3 Å². The van der Waals surface area contributed by atoms with Crippen LogP contribution in [0.2, 0.25) is 0 Å². The van der Waals surface area contributed by atoms with E-state index in [1.165, 1.54) is 0 Å². The molecule has 1 amide bonds. The van der Waals surface area contributed by atoms with Gasteiger partial charge in [0, 0.05) is 18.2 Å². The average molecular weight is 254 g/mol. The predicted molar refractivity (Wildman–Crippen MR) is 75.8 cm³/mol. The van der Waals surface area contributed by atoms with Crippen molar-refractivity contribution in [1.29, 1.82) is 0 Å². The highest BCUT2D eigenvalue weighted by molar-refractivity contribution is 6.06. The van der Waals surface area contributed by atoms with Crippen LogP contribution in [0.25, 0.3) is 0 Å². The maximum absolute atomic E-state index is 12.1. The molecule has 2 rings (SSSR count). The molecule has 0 aliphatic heterocycles. The normalized spacial score (nSPS) is 9.74. The molecule has 0 spiro atoms. The minimum absolute atomic E-state index is 0.208. The van der Waals surface area contributed by atoms with Crippen LogP contribution in [0.3, 0.4) is 0 Å². The third-order valence-corrected chi connectivity index (χ3v) is 2.75. The zero-order valence-corrected chi connectivity index (χ0v) is 10.5. The van der Waals surface area contributed by atoms with E-state index in [4.69, 9.17) is 0 Å². The molecule has 0 heterocycles. The first-order chi connectivity index (χ1) is 9.24. The van der Waals surface area contributed by atoms with Gasteiger partial charge in [0.05, 0.1) is 11.4 Å². The lowest BCUT2D eigenvalue weighted by molar-refractivity contribution is 0.102. The van der Waals surface area contributed by atoms with Crippen LogP contribution < -0.4 is 10.6 Å². The molecule has 0 aliphatic rings. The number of aldehydes is 1. The first-order valence-electron chi connectivity index (χ1n) is 5.88. The summed E-state index contributed by atoms with van der Waals surface area (Å²) in [5.74, 6) is -0.208. The number of nitrogens with one attached hydrogen (secondary N) is 2. The van der Waals surface area contributed by atoms with Gasteiger partial charge in [-0.25, -0.2) is 0 Å². The molecule has 4 nitrogen and oxygen atoms in total. The summed E-state index contributed by atoms with van der Waals surface area (Å²) in [4.78, 5) is 22.6. The van der Waals surface area contributed by atoms with Gasteiger partial charge in [-0.15, -0.1) is 0 Å². The lowest BCUT2D eigenvalue weighted by Crippen LogP contribution is -2.13. The standard InChI is InChI=1S/C15H14N2O2/c1-16-13-4-2-3-5-14(13)17-15(19)12-8-6-11(10-18)7-9-12/h2-10,16H,1H3,(H,17,19). The summed E-state index contributed by atoms with van der Waals surface area (Å²) < 4.78 is 0. The summed E-state index contributed by atoms with van der Waals surface area (Å²) in [6, 6.07) is 13.9. The predicted octanol–water partition coefficient (Wildman–Crippen LogP) is 2.79. The van der Waals surface area contributed by atoms with Crippen LogP contribution in [-0.4, -0.2) is 19.2 Å². The number of hydrogen-bond acceptors (Lipinski definition) is 3. The SMILES string of the molecule is CNc1ccccc1NC(=O)c1ccc(C=O)cc1. The van der Waals surface area contributed by atoms with Gasteiger partial charge >= 0.3 is 0 Å². The molecule has 0 radical (unpaired) electrons. The quantitative estimate of drug-likeness (QED) is 0.825. The van der Waals surface area contributed by atoms with Crippen LogP contribution in [-0.2, 0) is 0 Å². The van der Waals surface area contributed by atoms with Crippen LogP contribution in [0, 0.1) is 0 Å². The molecular weight excluding hydrogens is 240 g/mol. The summed E-state index contributed by atoms with van der Waals surface area (Å²) >= 11 is 0. The first-order valence-corrected chi connectivity index (χ1v) is 5.88. The summed E-state index contributed by atoms with van der Waals surface area (Å²) in [6.07, 6.45) is 0.748. The number of hydrogen-bond donors (Lipinski definition) is 2. The summed E-state index contributed by atoms with van der Waals surface area (Å²) in [6.45, 7) is 0.